The molecule has 3 nitrogen and oxygen atoms in total. The van der Waals surface area contributed by atoms with E-state index >= 15 is 0 Å². The third kappa shape index (κ3) is 1.79. The van der Waals surface area contributed by atoms with E-state index in [0.29, 0.717) is 17.8 Å². The van der Waals surface area contributed by atoms with Gasteiger partial charge in [0.1, 0.15) is 6.07 Å². The fraction of sp³-hybridized carbons (Fsp3) is 0.250. The Hall–Kier alpha value is -1.95. The summed E-state index contributed by atoms with van der Waals surface area (Å²) in [7, 11) is 0. The smallest absolute Gasteiger partial charge is 0.184 e. The van der Waals surface area contributed by atoms with Gasteiger partial charge in [0.15, 0.2) is 17.4 Å². The van der Waals surface area contributed by atoms with E-state index in [9.17, 15) is 0 Å². The van der Waals surface area contributed by atoms with Crippen LogP contribution in [0.15, 0.2) is 34.9 Å². The Bertz CT molecular complexity index is 496. The number of hydrogen-bond acceptors (Lipinski definition) is 3. The van der Waals surface area contributed by atoms with Crippen LogP contribution in [-0.4, -0.2) is 6.10 Å². The second kappa shape index (κ2) is 4.05. The lowest BCUT2D eigenvalue weighted by Crippen LogP contribution is -2.12. The molecule has 0 aliphatic rings. The van der Waals surface area contributed by atoms with Gasteiger partial charge in [0.2, 0.25) is 0 Å². The van der Waals surface area contributed by atoms with Gasteiger partial charge in [0.25, 0.3) is 0 Å². The van der Waals surface area contributed by atoms with E-state index in [1.54, 1.807) is 6.26 Å². The zero-order chi connectivity index (χ0) is 10.7. The maximum absolute atomic E-state index is 8.80. The van der Waals surface area contributed by atoms with Crippen LogP contribution in [0.1, 0.15) is 13.3 Å². The van der Waals surface area contributed by atoms with Crippen LogP contribution in [0.2, 0.25) is 0 Å². The van der Waals surface area contributed by atoms with Gasteiger partial charge in [-0.25, -0.2) is 0 Å². The normalized spacial score (nSPS) is 12.3. The molecule has 1 aromatic heterocycles. The Morgan fingerprint density at radius 2 is 2.33 bits per heavy atom. The van der Waals surface area contributed by atoms with E-state index in [1.807, 2.05) is 31.2 Å². The Balaban J connectivity index is 2.35. The standard InChI is InChI=1S/C12H11NO2/c1-2-10(8-13)15-11-5-3-4-9-6-7-14-12(9)11/h3-7,10H,2H2,1H3. The van der Waals surface area contributed by atoms with Crippen LogP contribution in [-0.2, 0) is 0 Å². The second-order valence-electron chi connectivity index (χ2n) is 3.24. The molecule has 0 N–H and O–H groups in total. The van der Waals surface area contributed by atoms with Crippen molar-refractivity contribution in [2.24, 2.45) is 0 Å². The van der Waals surface area contributed by atoms with E-state index in [2.05, 4.69) is 6.07 Å². The summed E-state index contributed by atoms with van der Waals surface area (Å²) in [6.45, 7) is 1.91. The van der Waals surface area contributed by atoms with Crippen molar-refractivity contribution in [2.45, 2.75) is 19.4 Å². The number of furan rings is 1. The number of ether oxygens (including phenoxy) is 1. The monoisotopic (exact) mass is 201 g/mol. The van der Waals surface area contributed by atoms with Gasteiger partial charge in [-0.2, -0.15) is 5.26 Å². The van der Waals surface area contributed by atoms with E-state index < -0.39 is 6.10 Å². The summed E-state index contributed by atoms with van der Waals surface area (Å²) < 4.78 is 10.8. The fourth-order valence-corrected chi connectivity index (χ4v) is 1.41. The molecule has 3 heteroatoms. The molecule has 2 rings (SSSR count). The molecule has 1 aromatic carbocycles. The van der Waals surface area contributed by atoms with Crippen molar-refractivity contribution in [1.82, 2.24) is 0 Å². The molecule has 0 bridgehead atoms. The van der Waals surface area contributed by atoms with E-state index in [4.69, 9.17) is 14.4 Å². The highest BCUT2D eigenvalue weighted by Gasteiger charge is 2.10. The molecule has 0 saturated carbocycles. The first-order valence-corrected chi connectivity index (χ1v) is 4.87. The molecule has 0 spiro atoms. The lowest BCUT2D eigenvalue weighted by Gasteiger charge is -2.09. The molecule has 15 heavy (non-hydrogen) atoms. The highest BCUT2D eigenvalue weighted by Crippen LogP contribution is 2.27. The molecule has 76 valence electrons. The lowest BCUT2D eigenvalue weighted by atomic mass is 10.2. The van der Waals surface area contributed by atoms with E-state index in [1.165, 1.54) is 0 Å². The van der Waals surface area contributed by atoms with Crippen LogP contribution in [0.3, 0.4) is 0 Å². The Morgan fingerprint density at radius 3 is 3.07 bits per heavy atom. The highest BCUT2D eigenvalue weighted by molar-refractivity contribution is 5.82. The van der Waals surface area contributed by atoms with Gasteiger partial charge in [-0.05, 0) is 18.6 Å². The quantitative estimate of drug-likeness (QED) is 0.766. The third-order valence-corrected chi connectivity index (χ3v) is 2.23. The zero-order valence-corrected chi connectivity index (χ0v) is 8.43. The maximum atomic E-state index is 8.80. The predicted molar refractivity (Wildman–Crippen MR) is 56.5 cm³/mol. The van der Waals surface area contributed by atoms with Crippen molar-refractivity contribution in [2.75, 3.05) is 0 Å². The molecule has 1 atom stereocenters. The predicted octanol–water partition coefficient (Wildman–Crippen LogP) is 3.11. The van der Waals surface area contributed by atoms with Crippen molar-refractivity contribution in [3.05, 3.63) is 30.5 Å². The zero-order valence-electron chi connectivity index (χ0n) is 8.43. The minimum Gasteiger partial charge on any atom is -0.472 e. The van der Waals surface area contributed by atoms with E-state index in [0.717, 1.165) is 5.39 Å². The van der Waals surface area contributed by atoms with Gasteiger partial charge < -0.3 is 9.15 Å². The molecule has 2 aromatic rings. The number of nitriles is 1. The van der Waals surface area contributed by atoms with Crippen LogP contribution in [0.4, 0.5) is 0 Å². The van der Waals surface area contributed by atoms with Gasteiger partial charge in [-0.15, -0.1) is 0 Å². The minimum absolute atomic E-state index is 0.416. The van der Waals surface area contributed by atoms with E-state index in [-0.39, 0.29) is 0 Å². The molecule has 0 aliphatic heterocycles. The number of para-hydroxylation sites is 1. The van der Waals surface area contributed by atoms with Gasteiger partial charge in [-0.3, -0.25) is 0 Å². The second-order valence-corrected chi connectivity index (χ2v) is 3.24. The molecular formula is C12H11NO2. The first-order valence-electron chi connectivity index (χ1n) is 4.87. The van der Waals surface area contributed by atoms with Crippen molar-refractivity contribution in [3.63, 3.8) is 0 Å². The van der Waals surface area contributed by atoms with Gasteiger partial charge in [0, 0.05) is 5.39 Å². The Labute approximate surface area is 87.9 Å². The lowest BCUT2D eigenvalue weighted by molar-refractivity contribution is 0.252. The SMILES string of the molecule is CCC(C#N)Oc1cccc2ccoc12. The number of nitrogens with zero attached hydrogens (tertiary/aromatic N) is 1. The van der Waals surface area contributed by atoms with Crippen LogP contribution in [0.5, 0.6) is 5.75 Å². The minimum atomic E-state index is -0.416. The Morgan fingerprint density at radius 1 is 1.47 bits per heavy atom. The summed E-state index contributed by atoms with van der Waals surface area (Å²) in [6.07, 6.45) is 1.86. The average molecular weight is 201 g/mol. The molecule has 0 amide bonds. The van der Waals surface area contributed by atoms with Crippen LogP contribution < -0.4 is 4.74 Å². The van der Waals surface area contributed by atoms with Crippen molar-refractivity contribution < 1.29 is 9.15 Å². The molecular weight excluding hydrogens is 190 g/mol. The van der Waals surface area contributed by atoms with Gasteiger partial charge >= 0.3 is 0 Å². The Kier molecular flexibility index (Phi) is 2.59. The van der Waals surface area contributed by atoms with Gasteiger partial charge in [0.05, 0.1) is 6.26 Å². The summed E-state index contributed by atoms with van der Waals surface area (Å²) in [5.41, 5.74) is 0.700. The van der Waals surface area contributed by atoms with Crippen molar-refractivity contribution >= 4 is 11.0 Å². The first-order chi connectivity index (χ1) is 7.35. The van der Waals surface area contributed by atoms with Crippen LogP contribution in [0, 0.1) is 11.3 Å². The van der Waals surface area contributed by atoms with Gasteiger partial charge in [-0.1, -0.05) is 19.1 Å². The fourth-order valence-electron chi connectivity index (χ4n) is 1.41. The molecule has 1 unspecified atom stereocenters. The first kappa shape index (κ1) is 9.60. The molecule has 1 heterocycles. The molecule has 0 aliphatic carbocycles. The number of hydrogen-bond donors (Lipinski definition) is 0. The topological polar surface area (TPSA) is 46.2 Å². The average Bonchev–Trinajstić information content (AvgIpc) is 2.74. The molecule has 0 fully saturated rings. The molecule has 0 saturated heterocycles. The third-order valence-electron chi connectivity index (χ3n) is 2.23. The van der Waals surface area contributed by atoms with Crippen molar-refractivity contribution in [1.29, 1.82) is 5.26 Å². The summed E-state index contributed by atoms with van der Waals surface area (Å²) >= 11 is 0. The van der Waals surface area contributed by atoms with Crippen LogP contribution >= 0.6 is 0 Å². The highest BCUT2D eigenvalue weighted by atomic mass is 16.5. The number of fused-ring (bicyclic) bond motifs is 1. The summed E-state index contributed by atoms with van der Waals surface area (Å²) in [5, 5.41) is 9.79. The molecule has 0 radical (unpaired) electrons. The number of benzene rings is 1. The summed E-state index contributed by atoms with van der Waals surface area (Å²) in [6, 6.07) is 9.60. The van der Waals surface area contributed by atoms with Crippen molar-refractivity contribution in [3.8, 4) is 11.8 Å². The summed E-state index contributed by atoms with van der Waals surface area (Å²) in [5.74, 6) is 0.630. The summed E-state index contributed by atoms with van der Waals surface area (Å²) in [4.78, 5) is 0. The number of rotatable bonds is 3. The van der Waals surface area contributed by atoms with Crippen LogP contribution in [0.25, 0.3) is 11.0 Å². The maximum Gasteiger partial charge on any atom is 0.184 e. The largest absolute Gasteiger partial charge is 0.472 e.